The van der Waals surface area contributed by atoms with Crippen LogP contribution in [0.2, 0.25) is 0 Å². The van der Waals surface area contributed by atoms with Crippen LogP contribution in [0, 0.1) is 5.92 Å². The van der Waals surface area contributed by atoms with Crippen LogP contribution in [-0.2, 0) is 0 Å². The van der Waals surface area contributed by atoms with E-state index in [1.165, 1.54) is 31.2 Å². The van der Waals surface area contributed by atoms with Gasteiger partial charge in [-0.1, -0.05) is 25.0 Å². The zero-order valence-corrected chi connectivity index (χ0v) is 10.9. The van der Waals surface area contributed by atoms with E-state index < -0.39 is 0 Å². The van der Waals surface area contributed by atoms with Gasteiger partial charge in [0.05, 0.1) is 0 Å². The number of phenolic OH excluding ortho intramolecular Hbond substituents is 1. The number of phenols is 1. The normalized spacial score (nSPS) is 25.1. The molecule has 1 aromatic rings. The fraction of sp³-hybridized carbons (Fsp3) is 0.600. The monoisotopic (exact) mass is 233 g/mol. The summed E-state index contributed by atoms with van der Waals surface area (Å²) in [5.74, 6) is 1.76. The molecular weight excluding hydrogens is 210 g/mol. The number of aromatic hydroxyl groups is 1. The quantitative estimate of drug-likeness (QED) is 0.866. The van der Waals surface area contributed by atoms with Crippen molar-refractivity contribution in [2.24, 2.45) is 5.92 Å². The van der Waals surface area contributed by atoms with Crippen molar-refractivity contribution in [1.29, 1.82) is 0 Å². The van der Waals surface area contributed by atoms with Gasteiger partial charge in [0.1, 0.15) is 5.75 Å². The zero-order chi connectivity index (χ0) is 12.3. The summed E-state index contributed by atoms with van der Waals surface area (Å²) in [6.45, 7) is 1.15. The summed E-state index contributed by atoms with van der Waals surface area (Å²) >= 11 is 0. The van der Waals surface area contributed by atoms with Crippen molar-refractivity contribution in [1.82, 2.24) is 4.90 Å². The van der Waals surface area contributed by atoms with Gasteiger partial charge in [0.15, 0.2) is 0 Å². The van der Waals surface area contributed by atoms with Gasteiger partial charge in [0, 0.05) is 6.54 Å². The molecule has 0 saturated heterocycles. The van der Waals surface area contributed by atoms with E-state index in [2.05, 4.69) is 25.1 Å². The van der Waals surface area contributed by atoms with Gasteiger partial charge in [0.25, 0.3) is 0 Å². The average molecular weight is 233 g/mol. The van der Waals surface area contributed by atoms with E-state index in [9.17, 15) is 5.11 Å². The highest BCUT2D eigenvalue weighted by molar-refractivity contribution is 5.30. The van der Waals surface area contributed by atoms with Crippen molar-refractivity contribution in [2.75, 3.05) is 20.6 Å². The van der Waals surface area contributed by atoms with Crippen molar-refractivity contribution in [2.45, 2.75) is 31.6 Å². The Morgan fingerprint density at radius 3 is 2.71 bits per heavy atom. The highest BCUT2D eigenvalue weighted by atomic mass is 16.3. The SMILES string of the molecule is CN(C)C[C@H]1CCCC[C@@H]1c1cccc(O)c1. The Bertz CT molecular complexity index is 362. The molecule has 2 atom stereocenters. The van der Waals surface area contributed by atoms with E-state index in [1.807, 2.05) is 12.1 Å². The summed E-state index contributed by atoms with van der Waals surface area (Å²) in [4.78, 5) is 2.28. The Labute approximate surface area is 104 Å². The van der Waals surface area contributed by atoms with E-state index in [4.69, 9.17) is 0 Å². The van der Waals surface area contributed by atoms with Crippen molar-refractivity contribution in [3.8, 4) is 5.75 Å². The molecule has 1 fully saturated rings. The molecule has 0 heterocycles. The molecule has 0 unspecified atom stereocenters. The predicted octanol–water partition coefficient (Wildman–Crippen LogP) is 3.23. The molecule has 0 radical (unpaired) electrons. The number of nitrogens with zero attached hydrogens (tertiary/aromatic N) is 1. The molecule has 1 aliphatic rings. The Morgan fingerprint density at radius 2 is 2.00 bits per heavy atom. The minimum absolute atomic E-state index is 0.400. The van der Waals surface area contributed by atoms with E-state index in [1.54, 1.807) is 6.07 Å². The van der Waals surface area contributed by atoms with Crippen LogP contribution in [0.15, 0.2) is 24.3 Å². The third kappa shape index (κ3) is 3.22. The zero-order valence-electron chi connectivity index (χ0n) is 10.9. The first kappa shape index (κ1) is 12.4. The summed E-state index contributed by atoms with van der Waals surface area (Å²) in [6.07, 6.45) is 5.26. The van der Waals surface area contributed by atoms with Crippen molar-refractivity contribution >= 4 is 0 Å². The lowest BCUT2D eigenvalue weighted by Crippen LogP contribution is -2.28. The van der Waals surface area contributed by atoms with E-state index in [0.29, 0.717) is 11.7 Å². The number of rotatable bonds is 3. The summed E-state index contributed by atoms with van der Waals surface area (Å²) in [5.41, 5.74) is 1.32. The Hall–Kier alpha value is -1.02. The molecule has 1 N–H and O–H groups in total. The molecule has 1 saturated carbocycles. The van der Waals surface area contributed by atoms with Gasteiger partial charge in [-0.05, 0) is 56.5 Å². The molecular formula is C15H23NO. The molecule has 2 nitrogen and oxygen atoms in total. The molecule has 0 aromatic heterocycles. The molecule has 2 heteroatoms. The predicted molar refractivity (Wildman–Crippen MR) is 71.4 cm³/mol. The highest BCUT2D eigenvalue weighted by Crippen LogP contribution is 2.38. The van der Waals surface area contributed by atoms with Crippen LogP contribution in [-0.4, -0.2) is 30.6 Å². The first-order valence-corrected chi connectivity index (χ1v) is 6.60. The maximum absolute atomic E-state index is 9.60. The van der Waals surface area contributed by atoms with E-state index >= 15 is 0 Å². The second-order valence-corrected chi connectivity index (χ2v) is 5.51. The molecule has 0 amide bonds. The van der Waals surface area contributed by atoms with Crippen LogP contribution in [0.5, 0.6) is 5.75 Å². The van der Waals surface area contributed by atoms with Gasteiger partial charge < -0.3 is 10.0 Å². The minimum atomic E-state index is 0.400. The summed E-state index contributed by atoms with van der Waals surface area (Å²) < 4.78 is 0. The van der Waals surface area contributed by atoms with Gasteiger partial charge >= 0.3 is 0 Å². The van der Waals surface area contributed by atoms with Crippen LogP contribution in [0.1, 0.15) is 37.2 Å². The molecule has 0 bridgehead atoms. The molecule has 17 heavy (non-hydrogen) atoms. The van der Waals surface area contributed by atoms with Crippen molar-refractivity contribution in [3.05, 3.63) is 29.8 Å². The molecule has 94 valence electrons. The third-order valence-corrected chi connectivity index (χ3v) is 3.81. The van der Waals surface area contributed by atoms with E-state index in [0.717, 1.165) is 12.5 Å². The second-order valence-electron chi connectivity index (χ2n) is 5.51. The smallest absolute Gasteiger partial charge is 0.115 e. The Balaban J connectivity index is 2.15. The lowest BCUT2D eigenvalue weighted by atomic mass is 9.75. The summed E-state index contributed by atoms with van der Waals surface area (Å²) in [7, 11) is 4.29. The molecule has 1 aromatic carbocycles. The number of benzene rings is 1. The first-order valence-electron chi connectivity index (χ1n) is 6.60. The summed E-state index contributed by atoms with van der Waals surface area (Å²) in [6, 6.07) is 7.83. The largest absolute Gasteiger partial charge is 0.508 e. The van der Waals surface area contributed by atoms with Gasteiger partial charge in [0.2, 0.25) is 0 Å². The molecule has 0 aliphatic heterocycles. The number of hydrogen-bond donors (Lipinski definition) is 1. The third-order valence-electron chi connectivity index (χ3n) is 3.81. The van der Waals surface area contributed by atoms with E-state index in [-0.39, 0.29) is 0 Å². The van der Waals surface area contributed by atoms with Crippen LogP contribution in [0.4, 0.5) is 0 Å². The molecule has 0 spiro atoms. The Kier molecular flexibility index (Phi) is 4.06. The van der Waals surface area contributed by atoms with Crippen LogP contribution in [0.3, 0.4) is 0 Å². The van der Waals surface area contributed by atoms with Crippen molar-refractivity contribution in [3.63, 3.8) is 0 Å². The standard InChI is InChI=1S/C15H23NO/c1-16(2)11-13-6-3-4-9-15(13)12-7-5-8-14(17)10-12/h5,7-8,10,13,15,17H,3-4,6,9,11H2,1-2H3/t13-,15-/m1/s1. The fourth-order valence-electron chi connectivity index (χ4n) is 3.09. The Morgan fingerprint density at radius 1 is 1.24 bits per heavy atom. The van der Waals surface area contributed by atoms with Crippen LogP contribution < -0.4 is 0 Å². The second kappa shape index (κ2) is 5.54. The van der Waals surface area contributed by atoms with Gasteiger partial charge in [-0.2, -0.15) is 0 Å². The topological polar surface area (TPSA) is 23.5 Å². The number of hydrogen-bond acceptors (Lipinski definition) is 2. The highest BCUT2D eigenvalue weighted by Gasteiger charge is 2.26. The first-order chi connectivity index (χ1) is 8.16. The molecule has 1 aliphatic carbocycles. The molecule has 2 rings (SSSR count). The van der Waals surface area contributed by atoms with Gasteiger partial charge in [-0.15, -0.1) is 0 Å². The summed E-state index contributed by atoms with van der Waals surface area (Å²) in [5, 5.41) is 9.60. The van der Waals surface area contributed by atoms with Crippen LogP contribution >= 0.6 is 0 Å². The van der Waals surface area contributed by atoms with Gasteiger partial charge in [-0.3, -0.25) is 0 Å². The maximum Gasteiger partial charge on any atom is 0.115 e. The minimum Gasteiger partial charge on any atom is -0.508 e. The van der Waals surface area contributed by atoms with Crippen LogP contribution in [0.25, 0.3) is 0 Å². The maximum atomic E-state index is 9.60. The fourth-order valence-corrected chi connectivity index (χ4v) is 3.09. The lowest BCUT2D eigenvalue weighted by Gasteiger charge is -2.33. The van der Waals surface area contributed by atoms with Gasteiger partial charge in [-0.25, -0.2) is 0 Å². The average Bonchev–Trinajstić information content (AvgIpc) is 2.29. The lowest BCUT2D eigenvalue weighted by molar-refractivity contribution is 0.233. The van der Waals surface area contributed by atoms with Crippen molar-refractivity contribution < 1.29 is 5.11 Å².